The Morgan fingerprint density at radius 3 is 2.83 bits per heavy atom. The summed E-state index contributed by atoms with van der Waals surface area (Å²) < 4.78 is 2.82. The molecule has 23 heavy (non-hydrogen) atoms. The highest BCUT2D eigenvalue weighted by Gasteiger charge is 2.14. The summed E-state index contributed by atoms with van der Waals surface area (Å²) in [5.41, 5.74) is 3.64. The number of amides is 2. The van der Waals surface area contributed by atoms with Crippen LogP contribution in [0.15, 0.2) is 24.4 Å². The first-order chi connectivity index (χ1) is 10.9. The highest BCUT2D eigenvalue weighted by atomic mass is 32.1. The highest BCUT2D eigenvalue weighted by molar-refractivity contribution is 7.18. The largest absolute Gasteiger partial charge is 0.331 e. The molecule has 1 unspecified atom stereocenters. The lowest BCUT2D eigenvalue weighted by Crippen LogP contribution is -2.31. The van der Waals surface area contributed by atoms with Crippen molar-refractivity contribution in [3.05, 3.63) is 40.7 Å². The van der Waals surface area contributed by atoms with E-state index in [2.05, 4.69) is 20.7 Å². The molecule has 1 aromatic carbocycles. The van der Waals surface area contributed by atoms with Crippen molar-refractivity contribution in [3.8, 4) is 0 Å². The molecule has 0 aliphatic carbocycles. The van der Waals surface area contributed by atoms with Gasteiger partial charge in [0.1, 0.15) is 0 Å². The zero-order valence-corrected chi connectivity index (χ0v) is 14.4. The number of nitrogens with one attached hydrogen (secondary N) is 2. The zero-order valence-electron chi connectivity index (χ0n) is 13.5. The first kappa shape index (κ1) is 15.5. The second kappa shape index (κ2) is 6.00. The van der Waals surface area contributed by atoms with Gasteiger partial charge in [-0.25, -0.2) is 9.78 Å². The first-order valence-electron chi connectivity index (χ1n) is 7.37. The van der Waals surface area contributed by atoms with Crippen molar-refractivity contribution in [2.45, 2.75) is 26.8 Å². The standard InChI is InChI=1S/C16H19N5OS/c1-9(13-8-21(4)20-10(13)2)17-16(22)19-12-5-6-14-15(7-12)23-11(3)18-14/h5-9H,1-4H3,(H2,17,19,22). The Kier molecular flexibility index (Phi) is 4.04. The lowest BCUT2D eigenvalue weighted by Gasteiger charge is -2.14. The summed E-state index contributed by atoms with van der Waals surface area (Å²) in [7, 11) is 1.87. The van der Waals surface area contributed by atoms with Gasteiger partial charge in [-0.2, -0.15) is 5.10 Å². The predicted octanol–water partition coefficient (Wildman–Crippen LogP) is 3.53. The number of thiazole rings is 1. The summed E-state index contributed by atoms with van der Waals surface area (Å²) in [6.07, 6.45) is 1.92. The minimum Gasteiger partial charge on any atom is -0.331 e. The number of aromatic nitrogens is 3. The number of rotatable bonds is 3. The summed E-state index contributed by atoms with van der Waals surface area (Å²) >= 11 is 1.62. The average molecular weight is 329 g/mol. The molecular weight excluding hydrogens is 310 g/mol. The van der Waals surface area contributed by atoms with E-state index in [0.29, 0.717) is 0 Å². The fourth-order valence-electron chi connectivity index (χ4n) is 2.60. The average Bonchev–Trinajstić information content (AvgIpc) is 2.99. The molecule has 0 aliphatic rings. The van der Waals surface area contributed by atoms with E-state index in [1.165, 1.54) is 0 Å². The second-order valence-electron chi connectivity index (χ2n) is 5.58. The van der Waals surface area contributed by atoms with Gasteiger partial charge < -0.3 is 10.6 Å². The maximum atomic E-state index is 12.2. The molecule has 0 radical (unpaired) electrons. The molecule has 2 aromatic heterocycles. The number of nitrogens with zero attached hydrogens (tertiary/aromatic N) is 3. The monoisotopic (exact) mass is 329 g/mol. The van der Waals surface area contributed by atoms with E-state index < -0.39 is 0 Å². The van der Waals surface area contributed by atoms with Crippen LogP contribution in [0.25, 0.3) is 10.2 Å². The summed E-state index contributed by atoms with van der Waals surface area (Å²) in [5, 5.41) is 11.1. The highest BCUT2D eigenvalue weighted by Crippen LogP contribution is 2.25. The maximum Gasteiger partial charge on any atom is 0.319 e. The molecule has 6 nitrogen and oxygen atoms in total. The van der Waals surface area contributed by atoms with Gasteiger partial charge in [0.15, 0.2) is 0 Å². The van der Waals surface area contributed by atoms with E-state index in [-0.39, 0.29) is 12.1 Å². The number of fused-ring (bicyclic) bond motifs is 1. The number of aryl methyl sites for hydroxylation is 3. The molecule has 3 rings (SSSR count). The molecule has 1 atom stereocenters. The van der Waals surface area contributed by atoms with Gasteiger partial charge in [0.05, 0.1) is 27.0 Å². The van der Waals surface area contributed by atoms with Gasteiger partial charge in [0.25, 0.3) is 0 Å². The van der Waals surface area contributed by atoms with Crippen LogP contribution in [0.4, 0.5) is 10.5 Å². The molecule has 120 valence electrons. The van der Waals surface area contributed by atoms with Gasteiger partial charge in [-0.3, -0.25) is 4.68 Å². The number of anilines is 1. The third-order valence-electron chi connectivity index (χ3n) is 3.62. The summed E-state index contributed by atoms with van der Waals surface area (Å²) in [6, 6.07) is 5.38. The van der Waals surface area contributed by atoms with E-state index in [9.17, 15) is 4.79 Å². The van der Waals surface area contributed by atoms with Crippen LogP contribution in [0.5, 0.6) is 0 Å². The lowest BCUT2D eigenvalue weighted by atomic mass is 10.1. The topological polar surface area (TPSA) is 71.8 Å². The van der Waals surface area contributed by atoms with Crippen LogP contribution < -0.4 is 10.6 Å². The number of benzene rings is 1. The molecule has 0 bridgehead atoms. The van der Waals surface area contributed by atoms with Crippen LogP contribution >= 0.6 is 11.3 Å². The third kappa shape index (κ3) is 3.34. The molecule has 7 heteroatoms. The molecule has 2 heterocycles. The van der Waals surface area contributed by atoms with E-state index in [1.807, 2.05) is 52.2 Å². The van der Waals surface area contributed by atoms with E-state index in [1.54, 1.807) is 16.0 Å². The van der Waals surface area contributed by atoms with Crippen molar-refractivity contribution in [2.24, 2.45) is 7.05 Å². The van der Waals surface area contributed by atoms with Crippen LogP contribution in [0, 0.1) is 13.8 Å². The summed E-state index contributed by atoms with van der Waals surface area (Å²) in [6.45, 7) is 5.85. The van der Waals surface area contributed by atoms with Crippen molar-refractivity contribution < 1.29 is 4.79 Å². The fraction of sp³-hybridized carbons (Fsp3) is 0.312. The molecule has 0 aliphatic heterocycles. The van der Waals surface area contributed by atoms with Gasteiger partial charge in [-0.05, 0) is 39.0 Å². The lowest BCUT2D eigenvalue weighted by molar-refractivity contribution is 0.249. The van der Waals surface area contributed by atoms with Gasteiger partial charge in [-0.15, -0.1) is 11.3 Å². The minimum absolute atomic E-state index is 0.113. The van der Waals surface area contributed by atoms with Gasteiger partial charge in [-0.1, -0.05) is 0 Å². The maximum absolute atomic E-state index is 12.2. The van der Waals surface area contributed by atoms with E-state index >= 15 is 0 Å². The molecule has 0 fully saturated rings. The Hall–Kier alpha value is -2.41. The fourth-order valence-corrected chi connectivity index (χ4v) is 3.47. The minimum atomic E-state index is -0.235. The Morgan fingerprint density at radius 1 is 1.35 bits per heavy atom. The second-order valence-corrected chi connectivity index (χ2v) is 6.81. The van der Waals surface area contributed by atoms with Crippen LogP contribution in [-0.4, -0.2) is 20.8 Å². The predicted molar refractivity (Wildman–Crippen MR) is 92.9 cm³/mol. The van der Waals surface area contributed by atoms with Crippen LogP contribution in [-0.2, 0) is 7.05 Å². The van der Waals surface area contributed by atoms with Gasteiger partial charge >= 0.3 is 6.03 Å². The Balaban J connectivity index is 1.69. The number of hydrogen-bond acceptors (Lipinski definition) is 4. The quantitative estimate of drug-likeness (QED) is 0.772. The van der Waals surface area contributed by atoms with Crippen molar-refractivity contribution in [2.75, 3.05) is 5.32 Å². The Morgan fingerprint density at radius 2 is 2.13 bits per heavy atom. The first-order valence-corrected chi connectivity index (χ1v) is 8.19. The molecule has 2 N–H and O–H groups in total. The number of hydrogen-bond donors (Lipinski definition) is 2. The van der Waals surface area contributed by atoms with Gasteiger partial charge in [0.2, 0.25) is 0 Å². The normalized spacial score (nSPS) is 12.3. The molecular formula is C16H19N5OS. The summed E-state index contributed by atoms with van der Waals surface area (Å²) in [5.74, 6) is 0. The van der Waals surface area contributed by atoms with E-state index in [0.717, 1.165) is 32.2 Å². The molecule has 3 aromatic rings. The Labute approximate surface area is 138 Å². The van der Waals surface area contributed by atoms with Crippen LogP contribution in [0.1, 0.15) is 29.2 Å². The van der Waals surface area contributed by atoms with Crippen molar-refractivity contribution in [1.29, 1.82) is 0 Å². The van der Waals surface area contributed by atoms with E-state index in [4.69, 9.17) is 0 Å². The summed E-state index contributed by atoms with van der Waals surface area (Å²) in [4.78, 5) is 16.6. The van der Waals surface area contributed by atoms with Crippen LogP contribution in [0.2, 0.25) is 0 Å². The molecule has 0 spiro atoms. The number of carbonyl (C=O) groups is 1. The third-order valence-corrected chi connectivity index (χ3v) is 4.55. The van der Waals surface area contributed by atoms with Crippen molar-refractivity contribution in [3.63, 3.8) is 0 Å². The Bertz CT molecular complexity index is 867. The van der Waals surface area contributed by atoms with Crippen molar-refractivity contribution in [1.82, 2.24) is 20.1 Å². The van der Waals surface area contributed by atoms with Gasteiger partial charge in [0, 0.05) is 24.5 Å². The van der Waals surface area contributed by atoms with Crippen molar-refractivity contribution >= 4 is 33.3 Å². The smallest absolute Gasteiger partial charge is 0.319 e. The molecule has 0 saturated heterocycles. The number of carbonyl (C=O) groups excluding carboxylic acids is 1. The van der Waals surface area contributed by atoms with Crippen LogP contribution in [0.3, 0.4) is 0 Å². The molecule has 2 amide bonds. The zero-order chi connectivity index (χ0) is 16.6. The molecule has 0 saturated carbocycles. The number of urea groups is 1. The SMILES string of the molecule is Cc1nc2ccc(NC(=O)NC(C)c3cn(C)nc3C)cc2s1.